The van der Waals surface area contributed by atoms with E-state index in [1.807, 2.05) is 0 Å². The van der Waals surface area contributed by atoms with Crippen LogP contribution >= 0.6 is 0 Å². The van der Waals surface area contributed by atoms with Crippen LogP contribution in [0.5, 0.6) is 0 Å². The molecular weight excluding hydrogens is 342 g/mol. The van der Waals surface area contributed by atoms with E-state index in [1.165, 1.54) is 17.7 Å². The quantitative estimate of drug-likeness (QED) is 0.542. The summed E-state index contributed by atoms with van der Waals surface area (Å²) >= 11 is 0. The number of unbranched alkanes of at least 4 members (excludes halogenated alkanes) is 1. The molecule has 1 aromatic rings. The van der Waals surface area contributed by atoms with Crippen LogP contribution in [0.15, 0.2) is 24.3 Å². The molecule has 6 heteroatoms. The Hall–Kier alpha value is -2.21. The molecule has 0 saturated carbocycles. The Balaban J connectivity index is 1.33. The number of carbonyl (C=O) groups excluding carboxylic acids is 3. The van der Waals surface area contributed by atoms with E-state index in [1.54, 1.807) is 24.3 Å². The van der Waals surface area contributed by atoms with Gasteiger partial charge in [0.15, 0.2) is 0 Å². The van der Waals surface area contributed by atoms with Gasteiger partial charge in [-0.1, -0.05) is 19.1 Å². The summed E-state index contributed by atoms with van der Waals surface area (Å²) < 4.78 is 0. The lowest BCUT2D eigenvalue weighted by atomic mass is 9.85. The topological polar surface area (TPSA) is 78.5 Å². The van der Waals surface area contributed by atoms with E-state index in [4.69, 9.17) is 0 Å². The summed E-state index contributed by atoms with van der Waals surface area (Å²) in [5, 5.41) is 6.37. The molecule has 2 heterocycles. The van der Waals surface area contributed by atoms with Gasteiger partial charge in [-0.3, -0.25) is 19.3 Å². The first-order valence-corrected chi connectivity index (χ1v) is 10.0. The fourth-order valence-electron chi connectivity index (χ4n) is 3.96. The second kappa shape index (κ2) is 9.13. The zero-order chi connectivity index (χ0) is 19.2. The summed E-state index contributed by atoms with van der Waals surface area (Å²) in [4.78, 5) is 38.0. The number of piperidine rings is 1. The van der Waals surface area contributed by atoms with E-state index in [0.29, 0.717) is 48.9 Å². The smallest absolute Gasteiger partial charge is 0.261 e. The van der Waals surface area contributed by atoms with Crippen molar-refractivity contribution in [3.8, 4) is 0 Å². The minimum Gasteiger partial charge on any atom is -0.356 e. The lowest BCUT2D eigenvalue weighted by Crippen LogP contribution is -2.36. The highest BCUT2D eigenvalue weighted by Crippen LogP contribution is 2.23. The highest BCUT2D eigenvalue weighted by atomic mass is 16.2. The molecule has 2 unspecified atom stereocenters. The summed E-state index contributed by atoms with van der Waals surface area (Å²) in [6.07, 6.45) is 4.38. The van der Waals surface area contributed by atoms with Gasteiger partial charge in [-0.25, -0.2) is 0 Å². The number of benzene rings is 1. The van der Waals surface area contributed by atoms with Gasteiger partial charge in [0.05, 0.1) is 11.1 Å². The van der Waals surface area contributed by atoms with E-state index in [0.717, 1.165) is 19.5 Å². The van der Waals surface area contributed by atoms with E-state index >= 15 is 0 Å². The number of amides is 3. The highest BCUT2D eigenvalue weighted by molar-refractivity contribution is 6.21. The molecule has 0 aliphatic carbocycles. The van der Waals surface area contributed by atoms with Gasteiger partial charge in [0.1, 0.15) is 0 Å². The molecule has 1 aromatic carbocycles. The Morgan fingerprint density at radius 3 is 2.56 bits per heavy atom. The molecule has 0 radical (unpaired) electrons. The van der Waals surface area contributed by atoms with Gasteiger partial charge in [-0.15, -0.1) is 0 Å². The van der Waals surface area contributed by atoms with Crippen LogP contribution in [0, 0.1) is 11.8 Å². The summed E-state index contributed by atoms with van der Waals surface area (Å²) in [5.41, 5.74) is 0.976. The van der Waals surface area contributed by atoms with Crippen LogP contribution in [-0.2, 0) is 4.79 Å². The van der Waals surface area contributed by atoms with Crippen LogP contribution in [0.2, 0.25) is 0 Å². The van der Waals surface area contributed by atoms with Gasteiger partial charge in [0.2, 0.25) is 5.91 Å². The third kappa shape index (κ3) is 4.75. The lowest BCUT2D eigenvalue weighted by molar-refractivity contribution is -0.122. The molecule has 3 rings (SSSR count). The van der Waals surface area contributed by atoms with Crippen molar-refractivity contribution >= 4 is 17.7 Å². The van der Waals surface area contributed by atoms with Crippen LogP contribution in [0.3, 0.4) is 0 Å². The van der Waals surface area contributed by atoms with Crippen molar-refractivity contribution in [1.29, 1.82) is 0 Å². The molecule has 6 nitrogen and oxygen atoms in total. The zero-order valence-corrected chi connectivity index (χ0v) is 16.0. The minimum absolute atomic E-state index is 0.0915. The minimum atomic E-state index is -0.213. The maximum atomic E-state index is 12.3. The lowest BCUT2D eigenvalue weighted by Gasteiger charge is -2.28. The SMILES string of the molecule is CC(CC(=O)NCCCCN1C(=O)c2ccccc2C1=O)C1CCCNC1. The van der Waals surface area contributed by atoms with E-state index in [2.05, 4.69) is 17.6 Å². The van der Waals surface area contributed by atoms with Gasteiger partial charge in [-0.2, -0.15) is 0 Å². The molecule has 0 bridgehead atoms. The number of imide groups is 1. The molecule has 0 spiro atoms. The van der Waals surface area contributed by atoms with Crippen molar-refractivity contribution < 1.29 is 14.4 Å². The number of hydrogen-bond acceptors (Lipinski definition) is 4. The van der Waals surface area contributed by atoms with Gasteiger partial charge in [0, 0.05) is 19.5 Å². The molecule has 27 heavy (non-hydrogen) atoms. The Kier molecular flexibility index (Phi) is 6.61. The third-order valence-corrected chi connectivity index (χ3v) is 5.66. The molecule has 2 aliphatic rings. The average Bonchev–Trinajstić information content (AvgIpc) is 2.93. The number of hydrogen-bond donors (Lipinski definition) is 2. The summed E-state index contributed by atoms with van der Waals surface area (Å²) in [5.74, 6) is 0.632. The van der Waals surface area contributed by atoms with Crippen LogP contribution in [-0.4, -0.2) is 48.8 Å². The normalized spacial score (nSPS) is 20.5. The Morgan fingerprint density at radius 1 is 1.22 bits per heavy atom. The fraction of sp³-hybridized carbons (Fsp3) is 0.571. The Labute approximate surface area is 160 Å². The summed E-state index contributed by atoms with van der Waals surface area (Å²) in [7, 11) is 0. The van der Waals surface area contributed by atoms with E-state index in [9.17, 15) is 14.4 Å². The molecule has 0 aromatic heterocycles. The number of nitrogens with one attached hydrogen (secondary N) is 2. The maximum absolute atomic E-state index is 12.3. The largest absolute Gasteiger partial charge is 0.356 e. The molecule has 3 amide bonds. The number of fused-ring (bicyclic) bond motifs is 1. The first kappa shape index (κ1) is 19.5. The molecular formula is C21H29N3O3. The maximum Gasteiger partial charge on any atom is 0.261 e. The van der Waals surface area contributed by atoms with E-state index in [-0.39, 0.29) is 17.7 Å². The van der Waals surface area contributed by atoms with Crippen molar-refractivity contribution in [2.75, 3.05) is 26.2 Å². The van der Waals surface area contributed by atoms with E-state index < -0.39 is 0 Å². The predicted octanol–water partition coefficient (Wildman–Crippen LogP) is 2.20. The van der Waals surface area contributed by atoms with Crippen molar-refractivity contribution in [1.82, 2.24) is 15.5 Å². The molecule has 1 fully saturated rings. The van der Waals surface area contributed by atoms with Gasteiger partial charge in [-0.05, 0) is 62.7 Å². The van der Waals surface area contributed by atoms with Crippen molar-refractivity contribution in [2.24, 2.45) is 11.8 Å². The molecule has 146 valence electrons. The molecule has 2 N–H and O–H groups in total. The number of rotatable bonds is 8. The highest BCUT2D eigenvalue weighted by Gasteiger charge is 2.34. The molecule has 2 atom stereocenters. The van der Waals surface area contributed by atoms with Gasteiger partial charge < -0.3 is 10.6 Å². The van der Waals surface area contributed by atoms with Crippen LogP contribution in [0.4, 0.5) is 0 Å². The van der Waals surface area contributed by atoms with Gasteiger partial charge in [0.25, 0.3) is 11.8 Å². The third-order valence-electron chi connectivity index (χ3n) is 5.66. The number of nitrogens with zero attached hydrogens (tertiary/aromatic N) is 1. The summed E-state index contributed by atoms with van der Waals surface area (Å²) in [6, 6.07) is 6.93. The zero-order valence-electron chi connectivity index (χ0n) is 16.0. The fourth-order valence-corrected chi connectivity index (χ4v) is 3.96. The average molecular weight is 371 g/mol. The standard InChI is InChI=1S/C21H29N3O3/c1-15(16-7-6-10-22-14-16)13-19(25)23-11-4-5-12-24-20(26)17-8-2-3-9-18(17)21(24)27/h2-3,8-9,15-16,22H,4-7,10-14H2,1H3,(H,23,25). The van der Waals surface area contributed by atoms with Crippen LogP contribution in [0.1, 0.15) is 59.7 Å². The molecule has 1 saturated heterocycles. The molecule has 2 aliphatic heterocycles. The second-order valence-electron chi connectivity index (χ2n) is 7.65. The first-order valence-electron chi connectivity index (χ1n) is 10.0. The van der Waals surface area contributed by atoms with Crippen LogP contribution < -0.4 is 10.6 Å². The predicted molar refractivity (Wildman–Crippen MR) is 103 cm³/mol. The van der Waals surface area contributed by atoms with Crippen molar-refractivity contribution in [3.63, 3.8) is 0 Å². The Morgan fingerprint density at radius 2 is 1.93 bits per heavy atom. The second-order valence-corrected chi connectivity index (χ2v) is 7.65. The Bertz CT molecular complexity index is 663. The van der Waals surface area contributed by atoms with Crippen molar-refractivity contribution in [2.45, 2.75) is 39.0 Å². The van der Waals surface area contributed by atoms with Crippen LogP contribution in [0.25, 0.3) is 0 Å². The number of carbonyl (C=O) groups is 3. The van der Waals surface area contributed by atoms with Gasteiger partial charge >= 0.3 is 0 Å². The first-order chi connectivity index (χ1) is 13.1. The van der Waals surface area contributed by atoms with Crippen molar-refractivity contribution in [3.05, 3.63) is 35.4 Å². The summed E-state index contributed by atoms with van der Waals surface area (Å²) in [6.45, 7) is 5.22. The monoisotopic (exact) mass is 371 g/mol.